The average molecular weight is 305 g/mol. The molecule has 2 bridgehead atoms. The van der Waals surface area contributed by atoms with Crippen LogP contribution in [0, 0.1) is 17.8 Å². The summed E-state index contributed by atoms with van der Waals surface area (Å²) in [6, 6.07) is 4.05. The van der Waals surface area contributed by atoms with Gasteiger partial charge in [0.2, 0.25) is 0 Å². The highest BCUT2D eigenvalue weighted by Crippen LogP contribution is 2.63. The molecule has 2 saturated carbocycles. The molecule has 20 heavy (non-hydrogen) atoms. The van der Waals surface area contributed by atoms with Crippen LogP contribution in [0.25, 0.3) is 0 Å². The number of hydrogen-bond donors (Lipinski definition) is 1. The number of fused-ring (bicyclic) bond motifs is 6. The monoisotopic (exact) mass is 305 g/mol. The lowest BCUT2D eigenvalue weighted by molar-refractivity contribution is 0.283. The fourth-order valence-electron chi connectivity index (χ4n) is 4.64. The van der Waals surface area contributed by atoms with Gasteiger partial charge in [-0.3, -0.25) is 4.79 Å². The molecule has 0 amide bonds. The molecule has 2 aromatic heterocycles. The molecule has 1 N–H and O–H groups in total. The minimum atomic E-state index is 0.0753. The molecule has 3 nitrogen and oxygen atoms in total. The second-order valence-corrected chi connectivity index (χ2v) is 8.40. The lowest BCUT2D eigenvalue weighted by atomic mass is 9.77. The van der Waals surface area contributed by atoms with Crippen LogP contribution in [0.4, 0.5) is 0 Å². The molecule has 5 heteroatoms. The van der Waals surface area contributed by atoms with Crippen LogP contribution in [0.5, 0.6) is 0 Å². The molecule has 0 saturated heterocycles. The molecule has 2 aliphatic carbocycles. The normalized spacial score (nSPS) is 37.9. The maximum absolute atomic E-state index is 11.8. The fraction of sp³-hybridized carbons (Fsp3) is 0.533. The lowest BCUT2D eigenvalue weighted by Gasteiger charge is -2.38. The topological polar surface area (TPSA) is 46.0 Å². The predicted octanol–water partition coefficient (Wildman–Crippen LogP) is 3.68. The molecule has 0 radical (unpaired) electrons. The Balaban J connectivity index is 1.71. The van der Waals surface area contributed by atoms with Crippen LogP contribution < -0.4 is 4.87 Å². The largest absolute Gasteiger partial charge is 0.469 e. The van der Waals surface area contributed by atoms with Gasteiger partial charge in [-0.15, -0.1) is 11.8 Å². The molecule has 5 atom stereocenters. The molecular weight excluding hydrogens is 290 g/mol. The van der Waals surface area contributed by atoms with Crippen molar-refractivity contribution in [2.24, 2.45) is 17.8 Å². The Morgan fingerprint density at radius 2 is 2.20 bits per heavy atom. The second kappa shape index (κ2) is 4.04. The second-order valence-electron chi connectivity index (χ2n) is 6.19. The summed E-state index contributed by atoms with van der Waals surface area (Å²) in [6.45, 7) is 0. The van der Waals surface area contributed by atoms with E-state index in [1.807, 2.05) is 17.8 Å². The van der Waals surface area contributed by atoms with Crippen molar-refractivity contribution in [3.63, 3.8) is 0 Å². The van der Waals surface area contributed by atoms with E-state index in [1.54, 1.807) is 6.26 Å². The summed E-state index contributed by atoms with van der Waals surface area (Å²) in [7, 11) is 0. The van der Waals surface area contributed by atoms with Gasteiger partial charge in [-0.05, 0) is 49.1 Å². The van der Waals surface area contributed by atoms with E-state index in [2.05, 4.69) is 11.1 Å². The molecule has 0 aromatic carbocycles. The maximum atomic E-state index is 11.8. The van der Waals surface area contributed by atoms with Crippen molar-refractivity contribution in [2.45, 2.75) is 35.5 Å². The summed E-state index contributed by atoms with van der Waals surface area (Å²) in [6.07, 6.45) is 5.86. The van der Waals surface area contributed by atoms with E-state index in [-0.39, 0.29) is 4.87 Å². The Morgan fingerprint density at radius 1 is 1.30 bits per heavy atom. The molecule has 3 aliphatic rings. The Labute approximate surface area is 124 Å². The maximum Gasteiger partial charge on any atom is 0.305 e. The molecule has 3 heterocycles. The van der Waals surface area contributed by atoms with Crippen molar-refractivity contribution in [1.82, 2.24) is 4.98 Å². The lowest BCUT2D eigenvalue weighted by Crippen LogP contribution is -2.33. The van der Waals surface area contributed by atoms with E-state index in [1.165, 1.54) is 35.5 Å². The number of aromatic nitrogens is 1. The van der Waals surface area contributed by atoms with Crippen LogP contribution in [-0.4, -0.2) is 10.2 Å². The van der Waals surface area contributed by atoms with Crippen molar-refractivity contribution in [3.8, 4) is 0 Å². The highest BCUT2D eigenvalue weighted by atomic mass is 32.2. The van der Waals surface area contributed by atoms with Crippen LogP contribution >= 0.6 is 23.1 Å². The smallest absolute Gasteiger partial charge is 0.305 e. The number of nitrogens with one attached hydrogen (secondary N) is 1. The Bertz CT molecular complexity index is 702. The standard InChI is InChI=1S/C15H15NO2S2/c17-15-16-14-13(20-15)11(9-2-1-5-18-9)10-7-3-4-8(6-7)12(10)19-14/h1-2,5,7-8,10-12H,3-4,6H2,(H,16,17)/t7-,8-,10+,11+,12-/m0/s1. The van der Waals surface area contributed by atoms with Gasteiger partial charge in [0.15, 0.2) is 0 Å². The van der Waals surface area contributed by atoms with E-state index in [9.17, 15) is 4.79 Å². The van der Waals surface area contributed by atoms with E-state index in [0.717, 1.165) is 22.6 Å². The van der Waals surface area contributed by atoms with Gasteiger partial charge in [0, 0.05) is 5.25 Å². The van der Waals surface area contributed by atoms with Crippen molar-refractivity contribution < 1.29 is 4.42 Å². The van der Waals surface area contributed by atoms with Gasteiger partial charge in [0.1, 0.15) is 5.76 Å². The van der Waals surface area contributed by atoms with Gasteiger partial charge in [0.25, 0.3) is 0 Å². The van der Waals surface area contributed by atoms with Crippen LogP contribution in [0.3, 0.4) is 0 Å². The Morgan fingerprint density at radius 3 is 3.05 bits per heavy atom. The van der Waals surface area contributed by atoms with E-state index in [4.69, 9.17) is 4.42 Å². The average Bonchev–Trinajstić information content (AvgIpc) is 3.19. The van der Waals surface area contributed by atoms with Crippen LogP contribution in [0.15, 0.2) is 32.6 Å². The third-order valence-electron chi connectivity index (χ3n) is 5.32. The number of rotatable bonds is 1. The van der Waals surface area contributed by atoms with Crippen molar-refractivity contribution in [3.05, 3.63) is 38.7 Å². The van der Waals surface area contributed by atoms with Crippen LogP contribution in [0.1, 0.15) is 35.8 Å². The van der Waals surface area contributed by atoms with Gasteiger partial charge in [0.05, 0.1) is 22.1 Å². The quantitative estimate of drug-likeness (QED) is 0.874. The fourth-order valence-corrected chi connectivity index (χ4v) is 7.51. The number of H-pyrrole nitrogens is 1. The van der Waals surface area contributed by atoms with Crippen LogP contribution in [0.2, 0.25) is 0 Å². The summed E-state index contributed by atoms with van der Waals surface area (Å²) < 4.78 is 5.74. The third kappa shape index (κ3) is 1.45. The van der Waals surface area contributed by atoms with Gasteiger partial charge < -0.3 is 9.40 Å². The van der Waals surface area contributed by atoms with Crippen LogP contribution in [-0.2, 0) is 0 Å². The molecule has 104 valence electrons. The molecule has 2 fully saturated rings. The highest BCUT2D eigenvalue weighted by molar-refractivity contribution is 8.00. The summed E-state index contributed by atoms with van der Waals surface area (Å²) in [5.74, 6) is 3.65. The number of thiazole rings is 1. The zero-order valence-corrected chi connectivity index (χ0v) is 12.5. The molecule has 2 aromatic rings. The first kappa shape index (κ1) is 11.7. The zero-order chi connectivity index (χ0) is 13.3. The van der Waals surface area contributed by atoms with Crippen molar-refractivity contribution in [2.75, 3.05) is 0 Å². The van der Waals surface area contributed by atoms with E-state index < -0.39 is 0 Å². The zero-order valence-electron chi connectivity index (χ0n) is 10.9. The number of thioether (sulfide) groups is 1. The summed E-state index contributed by atoms with van der Waals surface area (Å²) in [5.41, 5.74) is 0. The molecule has 1 aliphatic heterocycles. The Kier molecular flexibility index (Phi) is 2.36. The number of furan rings is 1. The minimum Gasteiger partial charge on any atom is -0.469 e. The number of aromatic amines is 1. The van der Waals surface area contributed by atoms with E-state index >= 15 is 0 Å². The third-order valence-corrected chi connectivity index (χ3v) is 7.94. The van der Waals surface area contributed by atoms with Gasteiger partial charge in [-0.1, -0.05) is 11.3 Å². The minimum absolute atomic E-state index is 0.0753. The molecule has 0 spiro atoms. The van der Waals surface area contributed by atoms with Gasteiger partial charge in [-0.25, -0.2) is 0 Å². The summed E-state index contributed by atoms with van der Waals surface area (Å²) in [4.78, 5) is 16.1. The summed E-state index contributed by atoms with van der Waals surface area (Å²) in [5, 5.41) is 1.77. The predicted molar refractivity (Wildman–Crippen MR) is 79.5 cm³/mol. The molecule has 5 rings (SSSR count). The summed E-state index contributed by atoms with van der Waals surface area (Å²) >= 11 is 3.31. The number of hydrogen-bond acceptors (Lipinski definition) is 4. The first-order chi connectivity index (χ1) is 9.81. The van der Waals surface area contributed by atoms with Crippen molar-refractivity contribution in [1.29, 1.82) is 0 Å². The van der Waals surface area contributed by atoms with Gasteiger partial charge in [-0.2, -0.15) is 0 Å². The molecular formula is C15H15NO2S2. The van der Waals surface area contributed by atoms with Gasteiger partial charge >= 0.3 is 4.87 Å². The first-order valence-electron chi connectivity index (χ1n) is 7.24. The first-order valence-corrected chi connectivity index (χ1v) is 8.94. The van der Waals surface area contributed by atoms with E-state index in [0.29, 0.717) is 17.1 Å². The van der Waals surface area contributed by atoms with Crippen molar-refractivity contribution >= 4 is 23.1 Å². The molecule has 0 unspecified atom stereocenters. The highest BCUT2D eigenvalue weighted by Gasteiger charge is 2.55. The Hall–Kier alpha value is -0.940. The SMILES string of the molecule is O=c1[nH]c2c(s1)[C@H](c1ccco1)[C@H]1[C@H]3CC[C@@H](C3)[C@@H]1S2.